The van der Waals surface area contributed by atoms with Crippen LogP contribution in [-0.4, -0.2) is 32.3 Å². The molecular formula is C28H32ClNO3. The van der Waals surface area contributed by atoms with Crippen LogP contribution < -0.4 is 14.2 Å². The minimum atomic E-state index is 0. The average molecular weight is 466 g/mol. The fourth-order valence-electron chi connectivity index (χ4n) is 4.62. The summed E-state index contributed by atoms with van der Waals surface area (Å²) in [6, 6.07) is 21.3. The lowest BCUT2D eigenvalue weighted by molar-refractivity contribution is 0.174. The van der Waals surface area contributed by atoms with Crippen LogP contribution in [0.15, 0.2) is 60.7 Å². The van der Waals surface area contributed by atoms with Crippen molar-refractivity contribution in [2.75, 3.05) is 27.4 Å². The third kappa shape index (κ3) is 5.63. The van der Waals surface area contributed by atoms with E-state index in [1.54, 1.807) is 0 Å². The van der Waals surface area contributed by atoms with E-state index in [1.807, 2.05) is 12.1 Å². The zero-order valence-electron chi connectivity index (χ0n) is 19.4. The Balaban J connectivity index is 0.00000259. The summed E-state index contributed by atoms with van der Waals surface area (Å²) >= 11 is 0. The number of fused-ring (bicyclic) bond motifs is 2. The zero-order valence-corrected chi connectivity index (χ0v) is 20.2. The van der Waals surface area contributed by atoms with Gasteiger partial charge in [0.25, 0.3) is 0 Å². The van der Waals surface area contributed by atoms with E-state index in [-0.39, 0.29) is 12.4 Å². The molecule has 4 nitrogen and oxygen atoms in total. The molecule has 174 valence electrons. The molecule has 1 unspecified atom stereocenters. The molecule has 5 heteroatoms. The molecule has 1 atom stereocenters. The Kier molecular flexibility index (Phi) is 7.46. The lowest BCUT2D eigenvalue weighted by atomic mass is 9.82. The van der Waals surface area contributed by atoms with Gasteiger partial charge in [0.05, 0.1) is 0 Å². The van der Waals surface area contributed by atoms with Crippen LogP contribution in [-0.2, 0) is 19.4 Å². The van der Waals surface area contributed by atoms with Gasteiger partial charge in [0.15, 0.2) is 11.5 Å². The second-order valence-electron chi connectivity index (χ2n) is 9.18. The number of nitrogens with zero attached hydrogens (tertiary/aromatic N) is 1. The molecule has 2 aliphatic rings. The van der Waals surface area contributed by atoms with Crippen molar-refractivity contribution < 1.29 is 14.2 Å². The third-order valence-corrected chi connectivity index (χ3v) is 6.56. The van der Waals surface area contributed by atoms with E-state index in [9.17, 15) is 0 Å². The van der Waals surface area contributed by atoms with Crippen LogP contribution in [0.3, 0.4) is 0 Å². The minimum absolute atomic E-state index is 0. The van der Waals surface area contributed by atoms with Gasteiger partial charge in [-0.3, -0.25) is 0 Å². The number of benzene rings is 3. The normalized spacial score (nSPS) is 16.3. The van der Waals surface area contributed by atoms with E-state index in [0.29, 0.717) is 13.4 Å². The maximum absolute atomic E-state index is 6.13. The monoisotopic (exact) mass is 465 g/mol. The van der Waals surface area contributed by atoms with E-state index in [1.165, 1.54) is 36.9 Å². The largest absolute Gasteiger partial charge is 0.489 e. The Hall–Kier alpha value is -2.69. The van der Waals surface area contributed by atoms with E-state index in [0.717, 1.165) is 46.3 Å². The molecule has 33 heavy (non-hydrogen) atoms. The van der Waals surface area contributed by atoms with E-state index >= 15 is 0 Å². The molecule has 0 radical (unpaired) electrons. The Morgan fingerprint density at radius 2 is 1.67 bits per heavy atom. The van der Waals surface area contributed by atoms with Crippen LogP contribution in [0.4, 0.5) is 0 Å². The lowest BCUT2D eigenvalue weighted by Gasteiger charge is -2.26. The molecule has 0 bridgehead atoms. The molecule has 0 spiro atoms. The summed E-state index contributed by atoms with van der Waals surface area (Å²) in [5.41, 5.74) is 6.41. The van der Waals surface area contributed by atoms with Gasteiger partial charge in [-0.2, -0.15) is 0 Å². The van der Waals surface area contributed by atoms with Crippen molar-refractivity contribution in [1.82, 2.24) is 4.90 Å². The fraction of sp³-hybridized carbons (Fsp3) is 0.357. The summed E-state index contributed by atoms with van der Waals surface area (Å²) in [6.45, 7) is 2.05. The lowest BCUT2D eigenvalue weighted by Crippen LogP contribution is -2.21. The predicted octanol–water partition coefficient (Wildman–Crippen LogP) is 6.14. The summed E-state index contributed by atoms with van der Waals surface area (Å²) in [7, 11) is 4.32. The highest BCUT2D eigenvalue weighted by atomic mass is 35.5. The van der Waals surface area contributed by atoms with Crippen molar-refractivity contribution in [2.24, 2.45) is 5.92 Å². The van der Waals surface area contributed by atoms with Crippen LogP contribution >= 0.6 is 12.4 Å². The molecule has 1 heterocycles. The summed E-state index contributed by atoms with van der Waals surface area (Å²) in [4.78, 5) is 2.29. The molecular weight excluding hydrogens is 434 g/mol. The maximum atomic E-state index is 6.13. The topological polar surface area (TPSA) is 30.9 Å². The van der Waals surface area contributed by atoms with E-state index in [4.69, 9.17) is 14.2 Å². The summed E-state index contributed by atoms with van der Waals surface area (Å²) in [5, 5.41) is 0. The second-order valence-corrected chi connectivity index (χ2v) is 9.18. The number of ether oxygens (including phenoxy) is 3. The molecule has 1 aliphatic carbocycles. The van der Waals surface area contributed by atoms with Gasteiger partial charge >= 0.3 is 0 Å². The standard InChI is InChI=1S/C28H31NO3.ClH/c1-29(2)14-13-20-3-8-24-16-26(11-9-23(24)15-20)30-18-21-4-6-22(7-5-21)25-10-12-27-28(17-25)32-19-31-27;/h4-7,9-12,16-17,20H,3,8,13-15,18-19H2,1-2H3;1H. The molecule has 0 saturated carbocycles. The highest BCUT2D eigenvalue weighted by Crippen LogP contribution is 2.36. The number of hydrogen-bond acceptors (Lipinski definition) is 4. The van der Waals surface area contributed by atoms with Gasteiger partial charge in [0.1, 0.15) is 12.4 Å². The van der Waals surface area contributed by atoms with Crippen molar-refractivity contribution in [3.05, 3.63) is 77.4 Å². The van der Waals surface area contributed by atoms with Gasteiger partial charge in [-0.1, -0.05) is 36.4 Å². The van der Waals surface area contributed by atoms with Crippen LogP contribution in [0, 0.1) is 5.92 Å². The Morgan fingerprint density at radius 3 is 2.48 bits per heavy atom. The number of aryl methyl sites for hydroxylation is 1. The highest BCUT2D eigenvalue weighted by Gasteiger charge is 2.19. The molecule has 1 aliphatic heterocycles. The number of hydrogen-bond donors (Lipinski definition) is 0. The Bertz CT molecular complexity index is 1080. The van der Waals surface area contributed by atoms with Crippen LogP contribution in [0.5, 0.6) is 17.2 Å². The molecule has 3 aromatic rings. The number of halogens is 1. The molecule has 0 fully saturated rings. The van der Waals surface area contributed by atoms with Crippen LogP contribution in [0.2, 0.25) is 0 Å². The highest BCUT2D eigenvalue weighted by molar-refractivity contribution is 5.85. The fourth-order valence-corrected chi connectivity index (χ4v) is 4.62. The maximum Gasteiger partial charge on any atom is 0.231 e. The van der Waals surface area contributed by atoms with Crippen molar-refractivity contribution in [1.29, 1.82) is 0 Å². The van der Waals surface area contributed by atoms with Crippen LogP contribution in [0.25, 0.3) is 11.1 Å². The molecule has 0 N–H and O–H groups in total. The first kappa shape index (κ1) is 23.5. The van der Waals surface area contributed by atoms with Gasteiger partial charge in [-0.05, 0) is 104 Å². The summed E-state index contributed by atoms with van der Waals surface area (Å²) in [6.07, 6.45) is 4.93. The number of rotatable bonds is 7. The first-order valence-corrected chi connectivity index (χ1v) is 11.5. The third-order valence-electron chi connectivity index (χ3n) is 6.56. The van der Waals surface area contributed by atoms with Gasteiger partial charge in [0, 0.05) is 0 Å². The van der Waals surface area contributed by atoms with E-state index in [2.05, 4.69) is 67.5 Å². The summed E-state index contributed by atoms with van der Waals surface area (Å²) < 4.78 is 17.0. The van der Waals surface area contributed by atoms with E-state index < -0.39 is 0 Å². The van der Waals surface area contributed by atoms with Crippen molar-refractivity contribution in [3.8, 4) is 28.4 Å². The van der Waals surface area contributed by atoms with Crippen molar-refractivity contribution >= 4 is 12.4 Å². The van der Waals surface area contributed by atoms with Crippen molar-refractivity contribution in [2.45, 2.75) is 32.3 Å². The summed E-state index contributed by atoms with van der Waals surface area (Å²) in [5.74, 6) is 3.40. The quantitative estimate of drug-likeness (QED) is 0.419. The smallest absolute Gasteiger partial charge is 0.231 e. The van der Waals surface area contributed by atoms with Crippen molar-refractivity contribution in [3.63, 3.8) is 0 Å². The predicted molar refractivity (Wildman–Crippen MR) is 135 cm³/mol. The SMILES string of the molecule is CN(C)CCC1CCc2cc(OCc3ccc(-c4ccc5c(c4)OCO5)cc3)ccc2C1.Cl. The second kappa shape index (κ2) is 10.5. The first-order chi connectivity index (χ1) is 15.6. The van der Waals surface area contributed by atoms with Crippen LogP contribution in [0.1, 0.15) is 29.5 Å². The Labute approximate surface area is 202 Å². The zero-order chi connectivity index (χ0) is 21.9. The Morgan fingerprint density at radius 1 is 0.879 bits per heavy atom. The average Bonchev–Trinajstić information content (AvgIpc) is 3.29. The van der Waals surface area contributed by atoms with Gasteiger partial charge in [-0.15, -0.1) is 12.4 Å². The first-order valence-electron chi connectivity index (χ1n) is 11.5. The molecule has 3 aromatic carbocycles. The van der Waals surface area contributed by atoms with Gasteiger partial charge < -0.3 is 19.1 Å². The minimum Gasteiger partial charge on any atom is -0.489 e. The molecule has 0 saturated heterocycles. The van der Waals surface area contributed by atoms with Gasteiger partial charge in [-0.25, -0.2) is 0 Å². The van der Waals surface area contributed by atoms with Gasteiger partial charge in [0.2, 0.25) is 6.79 Å². The molecule has 0 aromatic heterocycles. The molecule has 5 rings (SSSR count). The molecule has 0 amide bonds.